The van der Waals surface area contributed by atoms with Crippen LogP contribution in [0, 0.1) is 5.82 Å². The van der Waals surface area contributed by atoms with Crippen LogP contribution in [-0.2, 0) is 26.6 Å². The molecule has 0 spiro atoms. The maximum absolute atomic E-state index is 13.2. The van der Waals surface area contributed by atoms with Crippen LogP contribution in [-0.4, -0.2) is 29.0 Å². The van der Waals surface area contributed by atoms with Gasteiger partial charge in [-0.15, -0.1) is 0 Å². The minimum absolute atomic E-state index is 0.0156. The Labute approximate surface area is 241 Å². The highest BCUT2D eigenvalue weighted by atomic mass is 35.5. The van der Waals surface area contributed by atoms with E-state index in [2.05, 4.69) is 10.0 Å². The monoisotopic (exact) mass is 621 g/mol. The van der Waals surface area contributed by atoms with Crippen LogP contribution in [0.1, 0.15) is 15.9 Å². The summed E-state index contributed by atoms with van der Waals surface area (Å²) >= 11 is 12.0. The second kappa shape index (κ2) is 11.8. The Bertz CT molecular complexity index is 1750. The van der Waals surface area contributed by atoms with Crippen molar-refractivity contribution < 1.29 is 26.0 Å². The van der Waals surface area contributed by atoms with Crippen molar-refractivity contribution in [2.75, 3.05) is 20.6 Å². The number of carbonyl (C=O) groups excluding carboxylic acids is 1. The van der Waals surface area contributed by atoms with Crippen molar-refractivity contribution in [1.29, 1.82) is 0 Å². The molecule has 0 saturated heterocycles. The molecular weight excluding hydrogens is 600 g/mol. The third kappa shape index (κ3) is 7.11. The van der Waals surface area contributed by atoms with E-state index in [0.29, 0.717) is 16.9 Å². The lowest BCUT2D eigenvalue weighted by Crippen LogP contribution is -2.29. The minimum atomic E-state index is -3.98. The number of rotatable bonds is 9. The summed E-state index contributed by atoms with van der Waals surface area (Å²) in [7, 11) is -7.66. The number of nitrogens with one attached hydrogen (secondary N) is 2. The van der Waals surface area contributed by atoms with Crippen LogP contribution in [0.5, 0.6) is 0 Å². The first kappa shape index (κ1) is 29.3. The molecule has 13 heteroatoms. The molecule has 4 rings (SSSR count). The highest BCUT2D eigenvalue weighted by Crippen LogP contribution is 2.31. The van der Waals surface area contributed by atoms with Crippen LogP contribution >= 0.6 is 23.2 Å². The highest BCUT2D eigenvalue weighted by Gasteiger charge is 2.20. The molecule has 0 heterocycles. The van der Waals surface area contributed by atoms with Crippen molar-refractivity contribution >= 4 is 66.2 Å². The highest BCUT2D eigenvalue weighted by molar-refractivity contribution is 7.92. The Balaban J connectivity index is 1.45. The van der Waals surface area contributed by atoms with Gasteiger partial charge in [0, 0.05) is 11.3 Å². The molecular formula is C27H22Cl2FN3O5S2. The SMILES string of the molecule is CS(=O)(=O)N(Cc1ccc(F)cc1)c1ccc(C(=O)Nc2ccc(S(=O)(=O)Nc3cccc(Cl)c3Cl)cc2)cc1. The van der Waals surface area contributed by atoms with Gasteiger partial charge in [-0.3, -0.25) is 13.8 Å². The molecule has 0 aliphatic heterocycles. The summed E-state index contributed by atoms with van der Waals surface area (Å²) in [6.45, 7) is -0.0156. The average molecular weight is 623 g/mol. The number of carbonyl (C=O) groups is 1. The van der Waals surface area contributed by atoms with Crippen molar-refractivity contribution in [3.05, 3.63) is 118 Å². The zero-order valence-electron chi connectivity index (χ0n) is 20.8. The lowest BCUT2D eigenvalue weighted by atomic mass is 10.1. The number of anilines is 3. The number of hydrogen-bond acceptors (Lipinski definition) is 5. The molecule has 0 bridgehead atoms. The predicted octanol–water partition coefficient (Wildman–Crippen LogP) is 6.15. The number of halogens is 3. The van der Waals surface area contributed by atoms with Crippen LogP contribution in [0.4, 0.5) is 21.5 Å². The van der Waals surface area contributed by atoms with Gasteiger partial charge in [-0.2, -0.15) is 0 Å². The van der Waals surface area contributed by atoms with Crippen molar-refractivity contribution in [2.24, 2.45) is 0 Å². The van der Waals surface area contributed by atoms with Gasteiger partial charge in [0.1, 0.15) is 5.82 Å². The van der Waals surface area contributed by atoms with Gasteiger partial charge in [0.2, 0.25) is 10.0 Å². The van der Waals surface area contributed by atoms with E-state index < -0.39 is 31.8 Å². The summed E-state index contributed by atoms with van der Waals surface area (Å²) in [5.74, 6) is -0.921. The molecule has 4 aromatic carbocycles. The van der Waals surface area contributed by atoms with Gasteiger partial charge >= 0.3 is 0 Å². The quantitative estimate of drug-likeness (QED) is 0.233. The van der Waals surface area contributed by atoms with Gasteiger partial charge in [0.05, 0.1) is 39.1 Å². The van der Waals surface area contributed by atoms with E-state index in [1.54, 1.807) is 6.07 Å². The van der Waals surface area contributed by atoms with Gasteiger partial charge in [0.25, 0.3) is 15.9 Å². The molecule has 0 aliphatic carbocycles. The smallest absolute Gasteiger partial charge is 0.261 e. The van der Waals surface area contributed by atoms with Crippen LogP contribution in [0.2, 0.25) is 10.0 Å². The van der Waals surface area contributed by atoms with Gasteiger partial charge in [0.15, 0.2) is 0 Å². The van der Waals surface area contributed by atoms with Gasteiger partial charge in [-0.1, -0.05) is 41.4 Å². The molecule has 40 heavy (non-hydrogen) atoms. The van der Waals surface area contributed by atoms with Crippen LogP contribution < -0.4 is 14.3 Å². The van der Waals surface area contributed by atoms with E-state index >= 15 is 0 Å². The van der Waals surface area contributed by atoms with Crippen molar-refractivity contribution in [3.8, 4) is 0 Å². The summed E-state index contributed by atoms with van der Waals surface area (Å²) in [5, 5.41) is 2.93. The van der Waals surface area contributed by atoms with Gasteiger partial charge in [-0.05, 0) is 78.4 Å². The second-order valence-electron chi connectivity index (χ2n) is 8.63. The van der Waals surface area contributed by atoms with Gasteiger partial charge < -0.3 is 5.32 Å². The largest absolute Gasteiger partial charge is 0.322 e. The van der Waals surface area contributed by atoms with Gasteiger partial charge in [-0.25, -0.2) is 21.2 Å². The Morgan fingerprint density at radius 3 is 2.08 bits per heavy atom. The molecule has 208 valence electrons. The molecule has 2 N–H and O–H groups in total. The summed E-state index contributed by atoms with van der Waals surface area (Å²) in [6, 6.07) is 21.4. The van der Waals surface area contributed by atoms with Crippen molar-refractivity contribution in [3.63, 3.8) is 0 Å². The van der Waals surface area contributed by atoms with Crippen LogP contribution in [0.3, 0.4) is 0 Å². The second-order valence-corrected chi connectivity index (χ2v) is 13.0. The van der Waals surface area contributed by atoms with E-state index in [4.69, 9.17) is 23.2 Å². The molecule has 0 aromatic heterocycles. The number of nitrogens with zero attached hydrogens (tertiary/aromatic N) is 1. The van der Waals surface area contributed by atoms with E-state index in [0.717, 1.165) is 10.6 Å². The molecule has 4 aromatic rings. The Morgan fingerprint density at radius 2 is 1.48 bits per heavy atom. The van der Waals surface area contributed by atoms with Crippen LogP contribution in [0.15, 0.2) is 95.9 Å². The fourth-order valence-electron chi connectivity index (χ4n) is 3.64. The van der Waals surface area contributed by atoms with E-state index in [1.807, 2.05) is 0 Å². The molecule has 0 saturated carbocycles. The predicted molar refractivity (Wildman–Crippen MR) is 156 cm³/mol. The van der Waals surface area contributed by atoms with Crippen LogP contribution in [0.25, 0.3) is 0 Å². The standard InChI is InChI=1S/C27H22Cl2FN3O5S2/c1-39(35,36)33(17-18-5-9-20(30)10-6-18)22-13-7-19(8-14-22)27(34)31-21-11-15-23(16-12-21)40(37,38)32-25-4-2-3-24(28)26(25)29/h2-16,32H,17H2,1H3,(H,31,34). The third-order valence-corrected chi connectivity index (χ3v) is 9.02. The lowest BCUT2D eigenvalue weighted by Gasteiger charge is -2.22. The molecule has 0 fully saturated rings. The van der Waals surface area contributed by atoms with Crippen molar-refractivity contribution in [2.45, 2.75) is 11.4 Å². The molecule has 0 aliphatic rings. The Kier molecular flexibility index (Phi) is 8.69. The first-order chi connectivity index (χ1) is 18.8. The summed E-state index contributed by atoms with van der Waals surface area (Å²) in [4.78, 5) is 12.7. The number of hydrogen-bond donors (Lipinski definition) is 2. The summed E-state index contributed by atoms with van der Waals surface area (Å²) in [5.41, 5.74) is 1.62. The normalized spacial score (nSPS) is 11.6. The maximum atomic E-state index is 13.2. The fourth-order valence-corrected chi connectivity index (χ4v) is 6.01. The molecule has 8 nitrogen and oxygen atoms in total. The number of benzene rings is 4. The fraction of sp³-hybridized carbons (Fsp3) is 0.0741. The average Bonchev–Trinajstić information content (AvgIpc) is 2.90. The third-order valence-electron chi connectivity index (χ3n) is 5.68. The number of sulfonamides is 2. The molecule has 0 unspecified atom stereocenters. The van der Waals surface area contributed by atoms with E-state index in [9.17, 15) is 26.0 Å². The van der Waals surface area contributed by atoms with Crippen molar-refractivity contribution in [1.82, 2.24) is 0 Å². The van der Waals surface area contributed by atoms with E-state index in [1.165, 1.54) is 84.9 Å². The van der Waals surface area contributed by atoms with E-state index in [-0.39, 0.29) is 32.7 Å². The minimum Gasteiger partial charge on any atom is -0.322 e. The molecule has 1 amide bonds. The molecule has 0 atom stereocenters. The maximum Gasteiger partial charge on any atom is 0.261 e. The number of amides is 1. The first-order valence-corrected chi connectivity index (χ1v) is 15.6. The zero-order valence-corrected chi connectivity index (χ0v) is 24.0. The summed E-state index contributed by atoms with van der Waals surface area (Å²) in [6.07, 6.45) is 1.06. The zero-order chi connectivity index (χ0) is 29.1. The summed E-state index contributed by atoms with van der Waals surface area (Å²) < 4.78 is 67.1. The molecule has 0 radical (unpaired) electrons. The first-order valence-electron chi connectivity index (χ1n) is 11.5. The Hall–Kier alpha value is -3.64. The lowest BCUT2D eigenvalue weighted by molar-refractivity contribution is 0.102. The topological polar surface area (TPSA) is 113 Å². The Morgan fingerprint density at radius 1 is 0.850 bits per heavy atom.